The SMILES string of the molecule is COc1cccc(Nc2ncnc(Oc3ccccc3)c2[N+](=O)[O-])c1. The number of hydrogen-bond acceptors (Lipinski definition) is 7. The van der Waals surface area contributed by atoms with Crippen LogP contribution >= 0.6 is 0 Å². The Balaban J connectivity index is 1.96. The number of anilines is 2. The molecule has 126 valence electrons. The van der Waals surface area contributed by atoms with Gasteiger partial charge in [0.05, 0.1) is 12.0 Å². The first-order valence-electron chi connectivity index (χ1n) is 7.31. The largest absolute Gasteiger partial charge is 0.497 e. The normalized spacial score (nSPS) is 10.1. The van der Waals surface area contributed by atoms with Crippen molar-refractivity contribution in [3.05, 3.63) is 71.0 Å². The second-order valence-corrected chi connectivity index (χ2v) is 4.91. The maximum Gasteiger partial charge on any atom is 0.373 e. The predicted octanol–water partition coefficient (Wildman–Crippen LogP) is 3.93. The monoisotopic (exact) mass is 338 g/mol. The molecular weight excluding hydrogens is 324 g/mol. The molecule has 1 heterocycles. The molecule has 25 heavy (non-hydrogen) atoms. The van der Waals surface area contributed by atoms with Crippen molar-refractivity contribution in [3.63, 3.8) is 0 Å². The zero-order valence-electron chi connectivity index (χ0n) is 13.2. The van der Waals surface area contributed by atoms with Crippen LogP contribution < -0.4 is 14.8 Å². The minimum Gasteiger partial charge on any atom is -0.497 e. The number of methoxy groups -OCH3 is 1. The zero-order chi connectivity index (χ0) is 17.6. The van der Waals surface area contributed by atoms with Gasteiger partial charge < -0.3 is 14.8 Å². The first kappa shape index (κ1) is 16.2. The smallest absolute Gasteiger partial charge is 0.373 e. The van der Waals surface area contributed by atoms with Crippen LogP contribution in [-0.2, 0) is 0 Å². The molecule has 0 aliphatic heterocycles. The minimum atomic E-state index is -0.583. The van der Waals surface area contributed by atoms with Crippen molar-refractivity contribution < 1.29 is 14.4 Å². The van der Waals surface area contributed by atoms with Crippen molar-refractivity contribution in [1.82, 2.24) is 9.97 Å². The third-order valence-corrected chi connectivity index (χ3v) is 3.26. The van der Waals surface area contributed by atoms with Gasteiger partial charge in [-0.2, -0.15) is 4.98 Å². The number of ether oxygens (including phenoxy) is 2. The van der Waals surface area contributed by atoms with Crippen LogP contribution in [-0.4, -0.2) is 22.0 Å². The third kappa shape index (κ3) is 3.81. The van der Waals surface area contributed by atoms with Crippen LogP contribution in [0.25, 0.3) is 0 Å². The Morgan fingerprint density at radius 1 is 1.04 bits per heavy atom. The highest BCUT2D eigenvalue weighted by Gasteiger charge is 2.25. The molecule has 0 aliphatic carbocycles. The summed E-state index contributed by atoms with van der Waals surface area (Å²) in [6.45, 7) is 0. The lowest BCUT2D eigenvalue weighted by Crippen LogP contribution is -2.03. The molecule has 8 nitrogen and oxygen atoms in total. The lowest BCUT2D eigenvalue weighted by atomic mass is 10.3. The van der Waals surface area contributed by atoms with Crippen LogP contribution in [0.3, 0.4) is 0 Å². The van der Waals surface area contributed by atoms with Gasteiger partial charge in [-0.3, -0.25) is 10.1 Å². The number of nitrogens with zero attached hydrogens (tertiary/aromatic N) is 3. The van der Waals surface area contributed by atoms with Gasteiger partial charge in [0.1, 0.15) is 17.8 Å². The molecule has 0 aliphatic rings. The fourth-order valence-corrected chi connectivity index (χ4v) is 2.13. The van der Waals surface area contributed by atoms with Crippen LogP contribution in [0.1, 0.15) is 0 Å². The van der Waals surface area contributed by atoms with Gasteiger partial charge in [-0.05, 0) is 24.3 Å². The number of para-hydroxylation sites is 1. The fraction of sp³-hybridized carbons (Fsp3) is 0.0588. The van der Waals surface area contributed by atoms with E-state index >= 15 is 0 Å². The molecule has 0 bridgehead atoms. The molecule has 2 aromatic carbocycles. The summed E-state index contributed by atoms with van der Waals surface area (Å²) < 4.78 is 10.7. The molecule has 1 aromatic heterocycles. The Kier molecular flexibility index (Phi) is 4.70. The molecule has 1 N–H and O–H groups in total. The summed E-state index contributed by atoms with van der Waals surface area (Å²) in [5, 5.41) is 14.4. The summed E-state index contributed by atoms with van der Waals surface area (Å²) in [5.41, 5.74) is 0.237. The molecule has 0 spiro atoms. The van der Waals surface area contributed by atoms with Crippen molar-refractivity contribution in [2.75, 3.05) is 12.4 Å². The van der Waals surface area contributed by atoms with Gasteiger partial charge >= 0.3 is 11.6 Å². The van der Waals surface area contributed by atoms with Crippen molar-refractivity contribution in [2.45, 2.75) is 0 Å². The standard InChI is InChI=1S/C17H14N4O4/c1-24-14-9-5-6-12(10-14)20-16-15(21(22)23)17(19-11-18-16)25-13-7-3-2-4-8-13/h2-11H,1H3,(H,18,19,20). The lowest BCUT2D eigenvalue weighted by Gasteiger charge is -2.10. The van der Waals surface area contributed by atoms with Crippen LogP contribution in [0, 0.1) is 10.1 Å². The summed E-state index contributed by atoms with van der Waals surface area (Å²) in [7, 11) is 1.54. The van der Waals surface area contributed by atoms with E-state index in [1.165, 1.54) is 13.4 Å². The average Bonchev–Trinajstić information content (AvgIpc) is 2.62. The Bertz CT molecular complexity index is 887. The Morgan fingerprint density at radius 3 is 2.52 bits per heavy atom. The summed E-state index contributed by atoms with van der Waals surface area (Å²) in [5.74, 6) is 0.940. The number of hydrogen-bond donors (Lipinski definition) is 1. The van der Waals surface area contributed by atoms with Crippen LogP contribution in [0.4, 0.5) is 17.2 Å². The maximum atomic E-state index is 11.5. The Labute approximate surface area is 143 Å². The van der Waals surface area contributed by atoms with Gasteiger partial charge in [0.15, 0.2) is 0 Å². The van der Waals surface area contributed by atoms with Gasteiger partial charge in [-0.25, -0.2) is 4.98 Å². The molecule has 0 fully saturated rings. The average molecular weight is 338 g/mol. The van der Waals surface area contributed by atoms with E-state index < -0.39 is 4.92 Å². The van der Waals surface area contributed by atoms with Gasteiger partial charge in [0, 0.05) is 11.8 Å². The second kappa shape index (κ2) is 7.26. The summed E-state index contributed by atoms with van der Waals surface area (Å²) in [4.78, 5) is 18.8. The van der Waals surface area contributed by atoms with Gasteiger partial charge in [0.25, 0.3) is 0 Å². The van der Waals surface area contributed by atoms with Crippen LogP contribution in [0.5, 0.6) is 17.4 Å². The van der Waals surface area contributed by atoms with Gasteiger partial charge in [-0.1, -0.05) is 24.3 Å². The highest BCUT2D eigenvalue weighted by molar-refractivity contribution is 5.69. The lowest BCUT2D eigenvalue weighted by molar-refractivity contribution is -0.385. The summed E-state index contributed by atoms with van der Waals surface area (Å²) in [6.07, 6.45) is 1.20. The topological polar surface area (TPSA) is 99.4 Å². The molecule has 0 saturated carbocycles. The quantitative estimate of drug-likeness (QED) is 0.537. The Morgan fingerprint density at radius 2 is 1.80 bits per heavy atom. The van der Waals surface area contributed by atoms with Gasteiger partial charge in [0.2, 0.25) is 5.82 Å². The first-order chi connectivity index (χ1) is 12.2. The van der Waals surface area contributed by atoms with Gasteiger partial charge in [-0.15, -0.1) is 0 Å². The van der Waals surface area contributed by atoms with Crippen molar-refractivity contribution >= 4 is 17.2 Å². The number of aromatic nitrogens is 2. The van der Waals surface area contributed by atoms with Crippen molar-refractivity contribution in [1.29, 1.82) is 0 Å². The number of nitrogens with one attached hydrogen (secondary N) is 1. The van der Waals surface area contributed by atoms with E-state index in [1.54, 1.807) is 48.5 Å². The van der Waals surface area contributed by atoms with E-state index in [0.717, 1.165) is 0 Å². The molecule has 0 saturated heterocycles. The van der Waals surface area contributed by atoms with E-state index in [0.29, 0.717) is 17.2 Å². The first-order valence-corrected chi connectivity index (χ1v) is 7.31. The molecule has 0 unspecified atom stereocenters. The van der Waals surface area contributed by atoms with Crippen LogP contribution in [0.2, 0.25) is 0 Å². The van der Waals surface area contributed by atoms with E-state index in [-0.39, 0.29) is 17.4 Å². The minimum absolute atomic E-state index is 0.0270. The van der Waals surface area contributed by atoms with E-state index in [1.807, 2.05) is 6.07 Å². The number of nitro groups is 1. The van der Waals surface area contributed by atoms with Crippen molar-refractivity contribution in [2.24, 2.45) is 0 Å². The predicted molar refractivity (Wildman–Crippen MR) is 91.5 cm³/mol. The maximum absolute atomic E-state index is 11.5. The van der Waals surface area contributed by atoms with E-state index in [4.69, 9.17) is 9.47 Å². The molecule has 3 rings (SSSR count). The highest BCUT2D eigenvalue weighted by atomic mass is 16.6. The van der Waals surface area contributed by atoms with Crippen molar-refractivity contribution in [3.8, 4) is 17.4 Å². The third-order valence-electron chi connectivity index (χ3n) is 3.26. The molecule has 8 heteroatoms. The molecule has 3 aromatic rings. The molecule has 0 atom stereocenters. The van der Waals surface area contributed by atoms with E-state index in [9.17, 15) is 10.1 Å². The van der Waals surface area contributed by atoms with Crippen LogP contribution in [0.15, 0.2) is 60.9 Å². The Hall–Kier alpha value is -3.68. The molecule has 0 radical (unpaired) electrons. The number of rotatable bonds is 6. The highest BCUT2D eigenvalue weighted by Crippen LogP contribution is 2.35. The number of benzene rings is 2. The second-order valence-electron chi connectivity index (χ2n) is 4.91. The molecular formula is C17H14N4O4. The summed E-state index contributed by atoms with van der Waals surface area (Å²) in [6, 6.07) is 15.7. The zero-order valence-corrected chi connectivity index (χ0v) is 13.2. The fourth-order valence-electron chi connectivity index (χ4n) is 2.13. The molecule has 0 amide bonds. The summed E-state index contributed by atoms with van der Waals surface area (Å²) >= 11 is 0. The van der Waals surface area contributed by atoms with E-state index in [2.05, 4.69) is 15.3 Å².